The van der Waals surface area contributed by atoms with Gasteiger partial charge in [0.2, 0.25) is 11.7 Å². The van der Waals surface area contributed by atoms with Crippen molar-refractivity contribution in [1.29, 1.82) is 0 Å². The lowest BCUT2D eigenvalue weighted by atomic mass is 9.90. The summed E-state index contributed by atoms with van der Waals surface area (Å²) >= 11 is 0. The first kappa shape index (κ1) is 19.2. The minimum atomic E-state index is -1.56. The van der Waals surface area contributed by atoms with Crippen LogP contribution in [0.25, 0.3) is 21.9 Å². The summed E-state index contributed by atoms with van der Waals surface area (Å²) in [5, 5.41) is 39.6. The Labute approximate surface area is 163 Å². The second-order valence-corrected chi connectivity index (χ2v) is 6.96. The molecule has 1 aliphatic rings. The van der Waals surface area contributed by atoms with Gasteiger partial charge in [-0.1, -0.05) is 13.0 Å². The fourth-order valence-corrected chi connectivity index (χ4v) is 3.40. The Kier molecular flexibility index (Phi) is 4.65. The first-order valence-electron chi connectivity index (χ1n) is 8.87. The van der Waals surface area contributed by atoms with Crippen LogP contribution in [0.5, 0.6) is 11.5 Å². The summed E-state index contributed by atoms with van der Waals surface area (Å²) in [4.78, 5) is 24.1. The molecule has 4 N–H and O–H groups in total. The normalized spacial score (nSPS) is 27.2. The first-order chi connectivity index (χ1) is 13.8. The summed E-state index contributed by atoms with van der Waals surface area (Å²) in [6, 6.07) is 8.80. The number of aliphatic hydroxyl groups excluding tert-OH is 2. The van der Waals surface area contributed by atoms with E-state index in [9.17, 15) is 30.0 Å². The number of aliphatic carboxylic acids is 1. The molecule has 0 saturated carbocycles. The molecule has 1 aliphatic heterocycles. The second kappa shape index (κ2) is 7.03. The first-order valence-corrected chi connectivity index (χ1v) is 8.87. The smallest absolute Gasteiger partial charge is 0.335 e. The van der Waals surface area contributed by atoms with Crippen LogP contribution < -0.4 is 10.2 Å². The van der Waals surface area contributed by atoms with Gasteiger partial charge in [0.05, 0.1) is 11.5 Å². The lowest BCUT2D eigenvalue weighted by Crippen LogP contribution is -2.57. The average molecular weight is 402 g/mol. The topological polar surface area (TPSA) is 147 Å². The number of ether oxygens (including phenoxy) is 2. The molecule has 2 heterocycles. The molecule has 0 aliphatic carbocycles. The Morgan fingerprint density at radius 2 is 1.86 bits per heavy atom. The molecule has 9 heteroatoms. The van der Waals surface area contributed by atoms with Crippen molar-refractivity contribution in [2.24, 2.45) is 5.92 Å². The molecule has 1 saturated heterocycles. The minimum absolute atomic E-state index is 0.0220. The average Bonchev–Trinajstić information content (AvgIpc) is 2.68. The highest BCUT2D eigenvalue weighted by atomic mass is 16.7. The maximum absolute atomic E-state index is 12.8. The van der Waals surface area contributed by atoms with Gasteiger partial charge in [-0.2, -0.15) is 0 Å². The molecule has 3 aromatic rings. The number of fused-ring (bicyclic) bond motifs is 2. The fraction of sp³-hybridized carbons (Fsp3) is 0.300. The number of phenolic OH excluding ortho intramolecular Hbond substituents is 1. The molecule has 1 aromatic heterocycles. The summed E-state index contributed by atoms with van der Waals surface area (Å²) in [7, 11) is 0. The number of aromatic hydroxyl groups is 1. The Hall–Kier alpha value is -3.14. The van der Waals surface area contributed by atoms with E-state index in [1.165, 1.54) is 31.2 Å². The highest BCUT2D eigenvalue weighted by Crippen LogP contribution is 2.30. The monoisotopic (exact) mass is 402 g/mol. The summed E-state index contributed by atoms with van der Waals surface area (Å²) in [6.07, 6.45) is -5.63. The Bertz CT molecular complexity index is 1150. The zero-order valence-electron chi connectivity index (χ0n) is 15.2. The predicted octanol–water partition coefficient (Wildman–Crippen LogP) is 1.20. The number of rotatable bonds is 3. The summed E-state index contributed by atoms with van der Waals surface area (Å²) in [5.41, 5.74) is 0.0224. The highest BCUT2D eigenvalue weighted by molar-refractivity contribution is 5.93. The van der Waals surface area contributed by atoms with Crippen molar-refractivity contribution in [3.8, 4) is 11.5 Å². The van der Waals surface area contributed by atoms with Crippen molar-refractivity contribution in [3.05, 3.63) is 46.6 Å². The van der Waals surface area contributed by atoms with E-state index in [2.05, 4.69) is 0 Å². The number of carbonyl (C=O) groups is 1. The van der Waals surface area contributed by atoms with E-state index in [0.717, 1.165) is 0 Å². The van der Waals surface area contributed by atoms with Crippen LogP contribution in [0.1, 0.15) is 6.92 Å². The fourth-order valence-electron chi connectivity index (χ4n) is 3.40. The maximum atomic E-state index is 12.8. The molecule has 29 heavy (non-hydrogen) atoms. The van der Waals surface area contributed by atoms with Crippen LogP contribution in [0.4, 0.5) is 0 Å². The van der Waals surface area contributed by atoms with Gasteiger partial charge in [0, 0.05) is 5.92 Å². The van der Waals surface area contributed by atoms with Crippen LogP contribution in [-0.2, 0) is 9.53 Å². The van der Waals surface area contributed by atoms with Crippen molar-refractivity contribution in [3.63, 3.8) is 0 Å². The Morgan fingerprint density at radius 1 is 1.10 bits per heavy atom. The number of carboxylic acid groups (broad SMARTS) is 1. The van der Waals surface area contributed by atoms with Crippen LogP contribution >= 0.6 is 0 Å². The summed E-state index contributed by atoms with van der Waals surface area (Å²) < 4.78 is 16.4. The number of hydrogen-bond donors (Lipinski definition) is 4. The van der Waals surface area contributed by atoms with Gasteiger partial charge in [-0.05, 0) is 30.3 Å². The van der Waals surface area contributed by atoms with Crippen molar-refractivity contribution >= 4 is 27.9 Å². The molecule has 1 fully saturated rings. The molecule has 0 amide bonds. The van der Waals surface area contributed by atoms with E-state index in [0.29, 0.717) is 0 Å². The van der Waals surface area contributed by atoms with Crippen molar-refractivity contribution < 1.29 is 39.1 Å². The molecule has 5 atom stereocenters. The van der Waals surface area contributed by atoms with Gasteiger partial charge < -0.3 is 34.3 Å². The van der Waals surface area contributed by atoms with Gasteiger partial charge in [-0.15, -0.1) is 0 Å². The van der Waals surface area contributed by atoms with Gasteiger partial charge >= 0.3 is 5.97 Å². The molecule has 2 aromatic carbocycles. The third kappa shape index (κ3) is 3.19. The lowest BCUT2D eigenvalue weighted by Gasteiger charge is -2.39. The summed E-state index contributed by atoms with van der Waals surface area (Å²) in [6.45, 7) is 1.48. The van der Waals surface area contributed by atoms with E-state index >= 15 is 0 Å². The molecular weight excluding hydrogens is 384 g/mol. The van der Waals surface area contributed by atoms with Gasteiger partial charge in [-0.25, -0.2) is 4.79 Å². The molecule has 0 spiro atoms. The molecule has 0 bridgehead atoms. The SMILES string of the molecule is C[C@@H]1C(O)[C@H](C(=O)O)O[C@H](Oc2ccc3oc4cccc(O)c4c(=O)c3c2)[C@H]1O. The number of benzene rings is 2. The number of hydrogen-bond acceptors (Lipinski definition) is 8. The third-order valence-corrected chi connectivity index (χ3v) is 5.09. The molecule has 1 unspecified atom stereocenters. The summed E-state index contributed by atoms with van der Waals surface area (Å²) in [5.74, 6) is -2.30. The quantitative estimate of drug-likeness (QED) is 0.474. The number of carboxylic acids is 1. The molecule has 0 radical (unpaired) electrons. The van der Waals surface area contributed by atoms with Crippen molar-refractivity contribution in [2.75, 3.05) is 0 Å². The van der Waals surface area contributed by atoms with Crippen LogP contribution in [-0.4, -0.2) is 51.0 Å². The standard InChI is InChI=1S/C20H18O9/c1-8-15(22)18(19(25)26)29-20(16(8)23)27-9-5-6-12-10(7-9)17(24)14-11(21)3-2-4-13(14)28-12/h2-8,15-16,18,20-23H,1H3,(H,25,26)/t8-,15?,16+,18-,20+/m1/s1. The van der Waals surface area contributed by atoms with Crippen LogP contribution in [0.15, 0.2) is 45.6 Å². The van der Waals surface area contributed by atoms with E-state index in [1.54, 1.807) is 12.1 Å². The molecule has 152 valence electrons. The van der Waals surface area contributed by atoms with Crippen LogP contribution in [0, 0.1) is 5.92 Å². The zero-order chi connectivity index (χ0) is 20.9. The maximum Gasteiger partial charge on any atom is 0.335 e. The van der Waals surface area contributed by atoms with Crippen molar-refractivity contribution in [1.82, 2.24) is 0 Å². The predicted molar refractivity (Wildman–Crippen MR) is 99.8 cm³/mol. The zero-order valence-corrected chi connectivity index (χ0v) is 15.2. The third-order valence-electron chi connectivity index (χ3n) is 5.09. The second-order valence-electron chi connectivity index (χ2n) is 6.96. The highest BCUT2D eigenvalue weighted by Gasteiger charge is 2.46. The number of phenols is 1. The van der Waals surface area contributed by atoms with Crippen LogP contribution in [0.3, 0.4) is 0 Å². The minimum Gasteiger partial charge on any atom is -0.507 e. The van der Waals surface area contributed by atoms with Gasteiger partial charge in [0.25, 0.3) is 0 Å². The van der Waals surface area contributed by atoms with Crippen LogP contribution in [0.2, 0.25) is 0 Å². The van der Waals surface area contributed by atoms with E-state index < -0.39 is 41.9 Å². The van der Waals surface area contributed by atoms with Gasteiger partial charge in [0.15, 0.2) is 6.10 Å². The molecule has 4 rings (SSSR count). The lowest BCUT2D eigenvalue weighted by molar-refractivity contribution is -0.255. The number of aliphatic hydroxyl groups is 2. The van der Waals surface area contributed by atoms with E-state index in [-0.39, 0.29) is 33.4 Å². The Morgan fingerprint density at radius 3 is 2.59 bits per heavy atom. The van der Waals surface area contributed by atoms with E-state index in [1.807, 2.05) is 0 Å². The molecule has 9 nitrogen and oxygen atoms in total. The van der Waals surface area contributed by atoms with Gasteiger partial charge in [0.1, 0.15) is 34.2 Å². The molecular formula is C20H18O9. The van der Waals surface area contributed by atoms with Gasteiger partial charge in [-0.3, -0.25) is 4.79 Å². The van der Waals surface area contributed by atoms with E-state index in [4.69, 9.17) is 13.9 Å². The van der Waals surface area contributed by atoms with Crippen molar-refractivity contribution in [2.45, 2.75) is 31.5 Å². The largest absolute Gasteiger partial charge is 0.507 e. The Balaban J connectivity index is 1.72.